The van der Waals surface area contributed by atoms with Crippen molar-refractivity contribution in [2.75, 3.05) is 7.11 Å². The van der Waals surface area contributed by atoms with E-state index in [9.17, 15) is 9.59 Å². The number of esters is 2. The molecule has 0 aliphatic carbocycles. The van der Waals surface area contributed by atoms with Gasteiger partial charge in [0.05, 0.1) is 0 Å². The molecule has 0 saturated carbocycles. The van der Waals surface area contributed by atoms with Gasteiger partial charge in [-0.15, -0.1) is 0 Å². The molecule has 0 bridgehead atoms. The number of ether oxygens (including phenoxy) is 2. The molecule has 1 aliphatic rings. The molecule has 0 radical (unpaired) electrons. The Labute approximate surface area is 88.8 Å². The fourth-order valence-electron chi connectivity index (χ4n) is 1.16. The monoisotopic (exact) mass is 264 g/mol. The molecule has 0 unspecified atom stereocenters. The van der Waals surface area contributed by atoms with Crippen LogP contribution in [0.5, 0.6) is 0 Å². The van der Waals surface area contributed by atoms with E-state index in [1.165, 1.54) is 14.0 Å². The Hall–Kier alpha value is -0.801. The van der Waals surface area contributed by atoms with Gasteiger partial charge in [0.15, 0.2) is 0 Å². The van der Waals surface area contributed by atoms with E-state index in [1.807, 2.05) is 6.08 Å². The second-order valence-electron chi connectivity index (χ2n) is 2.78. The SMILES string of the molecule is COC(=O)[C@@H]1[Se]CC=C[C@H]1OC(C)=O. The van der Waals surface area contributed by atoms with Crippen LogP contribution >= 0.6 is 0 Å². The molecular weight excluding hydrogens is 251 g/mol. The van der Waals surface area contributed by atoms with E-state index in [-0.39, 0.29) is 31.7 Å². The number of carbonyl (C=O) groups is 2. The molecule has 14 heavy (non-hydrogen) atoms. The van der Waals surface area contributed by atoms with Gasteiger partial charge in [-0.3, -0.25) is 0 Å². The Kier molecular flexibility index (Phi) is 4.17. The van der Waals surface area contributed by atoms with Gasteiger partial charge in [0.25, 0.3) is 0 Å². The summed E-state index contributed by atoms with van der Waals surface area (Å²) >= 11 is 0.113. The van der Waals surface area contributed by atoms with Crippen molar-refractivity contribution in [2.24, 2.45) is 0 Å². The van der Waals surface area contributed by atoms with E-state index >= 15 is 0 Å². The zero-order valence-corrected chi connectivity index (χ0v) is 9.77. The molecule has 2 atom stereocenters. The Morgan fingerprint density at radius 1 is 1.50 bits per heavy atom. The quantitative estimate of drug-likeness (QED) is 0.415. The first-order valence-electron chi connectivity index (χ1n) is 4.18. The summed E-state index contributed by atoms with van der Waals surface area (Å²) in [5.74, 6) is -0.660. The van der Waals surface area contributed by atoms with Crippen molar-refractivity contribution >= 4 is 26.9 Å². The van der Waals surface area contributed by atoms with Gasteiger partial charge in [-0.05, 0) is 0 Å². The van der Waals surface area contributed by atoms with Crippen LogP contribution in [0, 0.1) is 0 Å². The van der Waals surface area contributed by atoms with Gasteiger partial charge in [0, 0.05) is 0 Å². The van der Waals surface area contributed by atoms with E-state index in [2.05, 4.69) is 4.74 Å². The normalized spacial score (nSPS) is 25.6. The standard InChI is InChI=1S/C9H12O4Se/c1-6(10)13-7-4-3-5-14-8(7)9(11)12-2/h3-4,7-8H,5H2,1-2H3/t7-,8-/m1/s1. The third-order valence-electron chi connectivity index (χ3n) is 1.73. The fraction of sp³-hybridized carbons (Fsp3) is 0.556. The summed E-state index contributed by atoms with van der Waals surface area (Å²) in [6.45, 7) is 1.34. The average molecular weight is 263 g/mol. The molecule has 0 aromatic heterocycles. The molecule has 78 valence electrons. The second kappa shape index (κ2) is 5.17. The fourth-order valence-corrected chi connectivity index (χ4v) is 3.25. The minimum atomic E-state index is -0.436. The van der Waals surface area contributed by atoms with Crippen LogP contribution in [0.15, 0.2) is 12.2 Å². The number of hydrogen-bond acceptors (Lipinski definition) is 4. The minimum absolute atomic E-state index is 0.113. The van der Waals surface area contributed by atoms with Crippen molar-refractivity contribution < 1.29 is 19.1 Å². The van der Waals surface area contributed by atoms with Gasteiger partial charge in [0.1, 0.15) is 0 Å². The molecule has 0 N–H and O–H groups in total. The molecule has 4 nitrogen and oxygen atoms in total. The van der Waals surface area contributed by atoms with E-state index < -0.39 is 6.10 Å². The van der Waals surface area contributed by atoms with Gasteiger partial charge in [-0.1, -0.05) is 0 Å². The van der Waals surface area contributed by atoms with Gasteiger partial charge >= 0.3 is 88.4 Å². The van der Waals surface area contributed by atoms with E-state index in [0.717, 1.165) is 5.32 Å². The number of methoxy groups -OCH3 is 1. The Morgan fingerprint density at radius 3 is 2.79 bits per heavy atom. The first-order valence-corrected chi connectivity index (χ1v) is 6.38. The number of allylic oxidation sites excluding steroid dienone is 1. The third-order valence-corrected chi connectivity index (χ3v) is 4.26. The van der Waals surface area contributed by atoms with Crippen LogP contribution in [0.2, 0.25) is 10.1 Å². The molecule has 0 fully saturated rings. The molecule has 1 rings (SSSR count). The van der Waals surface area contributed by atoms with Crippen LogP contribution in [-0.4, -0.2) is 40.1 Å². The predicted molar refractivity (Wildman–Crippen MR) is 51.0 cm³/mol. The first-order chi connectivity index (χ1) is 6.65. The number of rotatable bonds is 2. The molecule has 1 heterocycles. The molecule has 1 aliphatic heterocycles. The zero-order valence-electron chi connectivity index (χ0n) is 8.06. The molecule has 5 heteroatoms. The summed E-state index contributed by atoms with van der Waals surface area (Å²) < 4.78 is 9.67. The van der Waals surface area contributed by atoms with Crippen molar-refractivity contribution in [3.63, 3.8) is 0 Å². The van der Waals surface area contributed by atoms with Crippen molar-refractivity contribution in [1.29, 1.82) is 0 Å². The molecule has 0 aromatic carbocycles. The summed E-state index contributed by atoms with van der Waals surface area (Å²) in [5, 5.41) is 0.879. The van der Waals surface area contributed by atoms with Crippen LogP contribution in [0.1, 0.15) is 6.92 Å². The maximum absolute atomic E-state index is 11.3. The van der Waals surface area contributed by atoms with E-state index in [4.69, 9.17) is 4.74 Å². The van der Waals surface area contributed by atoms with Crippen molar-refractivity contribution in [2.45, 2.75) is 23.2 Å². The van der Waals surface area contributed by atoms with Gasteiger partial charge in [-0.25, -0.2) is 0 Å². The summed E-state index contributed by atoms with van der Waals surface area (Å²) in [4.78, 5) is 21.8. The predicted octanol–water partition coefficient (Wildman–Crippen LogP) is 0.572. The number of hydrogen-bond donors (Lipinski definition) is 0. The zero-order chi connectivity index (χ0) is 10.6. The maximum atomic E-state index is 11.3. The van der Waals surface area contributed by atoms with Crippen molar-refractivity contribution in [1.82, 2.24) is 0 Å². The molecule has 0 spiro atoms. The van der Waals surface area contributed by atoms with Gasteiger partial charge in [0.2, 0.25) is 0 Å². The summed E-state index contributed by atoms with van der Waals surface area (Å²) in [5.41, 5.74) is 0. The van der Waals surface area contributed by atoms with Gasteiger partial charge in [-0.2, -0.15) is 0 Å². The van der Waals surface area contributed by atoms with E-state index in [0.29, 0.717) is 0 Å². The summed E-state index contributed by atoms with van der Waals surface area (Å²) in [7, 11) is 1.35. The molecular formula is C9H12O4Se. The topological polar surface area (TPSA) is 52.6 Å². The molecule has 0 saturated heterocycles. The first kappa shape index (κ1) is 11.3. The number of carbonyl (C=O) groups excluding carboxylic acids is 2. The van der Waals surface area contributed by atoms with Crippen LogP contribution in [-0.2, 0) is 19.1 Å². The Bertz CT molecular complexity index is 262. The Morgan fingerprint density at radius 2 is 2.21 bits per heavy atom. The Balaban J connectivity index is 2.67. The average Bonchev–Trinajstić information content (AvgIpc) is 2.16. The van der Waals surface area contributed by atoms with Crippen LogP contribution in [0.4, 0.5) is 0 Å². The van der Waals surface area contributed by atoms with Crippen molar-refractivity contribution in [3.8, 4) is 0 Å². The van der Waals surface area contributed by atoms with Gasteiger partial charge < -0.3 is 0 Å². The molecule has 0 aromatic rings. The van der Waals surface area contributed by atoms with Crippen LogP contribution in [0.3, 0.4) is 0 Å². The molecule has 0 amide bonds. The van der Waals surface area contributed by atoms with Crippen LogP contribution < -0.4 is 0 Å². The van der Waals surface area contributed by atoms with E-state index in [1.54, 1.807) is 6.08 Å². The van der Waals surface area contributed by atoms with Crippen LogP contribution in [0.25, 0.3) is 0 Å². The van der Waals surface area contributed by atoms with Crippen molar-refractivity contribution in [3.05, 3.63) is 12.2 Å². The second-order valence-corrected chi connectivity index (χ2v) is 5.24. The summed E-state index contributed by atoms with van der Waals surface area (Å²) in [6, 6.07) is 0. The third kappa shape index (κ3) is 2.86. The summed E-state index contributed by atoms with van der Waals surface area (Å²) in [6.07, 6.45) is 3.26.